The Bertz CT molecular complexity index is 1510. The summed E-state index contributed by atoms with van der Waals surface area (Å²) >= 11 is 6.06. The molecule has 3 heterocycles. The molecule has 1 atom stereocenters. The molecule has 0 bridgehead atoms. The molecule has 4 aromatic rings. The molecule has 3 aromatic carbocycles. The number of hydrogen-bond donors (Lipinski definition) is 1. The third-order valence-corrected chi connectivity index (χ3v) is 6.14. The van der Waals surface area contributed by atoms with Crippen LogP contribution in [0.15, 0.2) is 88.5 Å². The summed E-state index contributed by atoms with van der Waals surface area (Å²) in [6, 6.07) is 19.7. The maximum Gasteiger partial charge on any atom is 0.294 e. The number of carbonyl (C=O) groups excluding carboxylic acids is 2. The number of nitrogens with zero attached hydrogens (tertiary/aromatic N) is 1. The molecule has 6 rings (SSSR count). The zero-order valence-corrected chi connectivity index (χ0v) is 18.3. The molecular weight excluding hydrogens is 458 g/mol. The van der Waals surface area contributed by atoms with Crippen molar-refractivity contribution in [2.24, 2.45) is 0 Å². The summed E-state index contributed by atoms with van der Waals surface area (Å²) in [4.78, 5) is 28.3. The Labute approximate surface area is 198 Å². The van der Waals surface area contributed by atoms with Gasteiger partial charge in [-0.2, -0.15) is 0 Å². The predicted octanol–water partition coefficient (Wildman–Crippen LogP) is 5.60. The number of halogens is 1. The van der Waals surface area contributed by atoms with E-state index in [4.69, 9.17) is 25.5 Å². The van der Waals surface area contributed by atoms with Gasteiger partial charge in [-0.25, -0.2) is 0 Å². The highest BCUT2D eigenvalue weighted by atomic mass is 35.5. The van der Waals surface area contributed by atoms with Crippen molar-refractivity contribution in [3.8, 4) is 11.5 Å². The third kappa shape index (κ3) is 3.13. The van der Waals surface area contributed by atoms with Crippen molar-refractivity contribution in [1.29, 1.82) is 0 Å². The standard InChI is InChI=1S/C26H16ClNO6/c27-16-6-8-18-15(10-16)11-21(34-18)24(29)22-23(14-4-2-1-3-5-14)28(26(31)25(22)30)17-7-9-19-20(12-17)33-13-32-19/h1-12,23,30H,13H2. The van der Waals surface area contributed by atoms with E-state index in [1.54, 1.807) is 66.7 Å². The number of rotatable bonds is 4. The van der Waals surface area contributed by atoms with E-state index in [0.29, 0.717) is 38.7 Å². The molecule has 0 spiro atoms. The van der Waals surface area contributed by atoms with E-state index < -0.39 is 23.5 Å². The van der Waals surface area contributed by atoms with Crippen LogP contribution >= 0.6 is 11.6 Å². The number of benzene rings is 3. The SMILES string of the molecule is O=C(C1=C(O)C(=O)N(c2ccc3c(c2)OCO3)C1c1ccccc1)c1cc2cc(Cl)ccc2o1. The Balaban J connectivity index is 1.48. The smallest absolute Gasteiger partial charge is 0.294 e. The number of aliphatic hydroxyl groups excluding tert-OH is 1. The van der Waals surface area contributed by atoms with Gasteiger partial charge in [0.25, 0.3) is 5.91 Å². The van der Waals surface area contributed by atoms with Crippen LogP contribution in [-0.4, -0.2) is 23.6 Å². The molecule has 1 aromatic heterocycles. The number of carbonyl (C=O) groups is 2. The molecule has 1 N–H and O–H groups in total. The molecule has 7 nitrogen and oxygen atoms in total. The quantitative estimate of drug-likeness (QED) is 0.388. The number of hydrogen-bond acceptors (Lipinski definition) is 6. The first-order valence-electron chi connectivity index (χ1n) is 10.5. The van der Waals surface area contributed by atoms with Crippen LogP contribution in [0.5, 0.6) is 11.5 Å². The molecule has 0 saturated heterocycles. The van der Waals surface area contributed by atoms with Crippen LogP contribution in [0.2, 0.25) is 5.02 Å². The van der Waals surface area contributed by atoms with E-state index in [-0.39, 0.29) is 18.1 Å². The van der Waals surface area contributed by atoms with Gasteiger partial charge in [0.05, 0.1) is 11.6 Å². The van der Waals surface area contributed by atoms with Gasteiger partial charge in [0.15, 0.2) is 23.0 Å². The van der Waals surface area contributed by atoms with Gasteiger partial charge in [0.1, 0.15) is 5.58 Å². The van der Waals surface area contributed by atoms with Crippen molar-refractivity contribution < 1.29 is 28.6 Å². The fourth-order valence-electron chi connectivity index (χ4n) is 4.35. The number of aliphatic hydroxyl groups is 1. The largest absolute Gasteiger partial charge is 0.503 e. The molecule has 2 aliphatic rings. The third-order valence-electron chi connectivity index (χ3n) is 5.90. The van der Waals surface area contributed by atoms with Crippen LogP contribution in [0.4, 0.5) is 5.69 Å². The monoisotopic (exact) mass is 473 g/mol. The van der Waals surface area contributed by atoms with E-state index in [1.807, 2.05) is 6.07 Å². The summed E-state index contributed by atoms with van der Waals surface area (Å²) in [5, 5.41) is 12.1. The van der Waals surface area contributed by atoms with Crippen LogP contribution in [-0.2, 0) is 4.79 Å². The van der Waals surface area contributed by atoms with E-state index in [9.17, 15) is 14.7 Å². The van der Waals surface area contributed by atoms with Crippen LogP contribution in [0.25, 0.3) is 11.0 Å². The van der Waals surface area contributed by atoms with Gasteiger partial charge in [-0.05, 0) is 42.0 Å². The normalized spacial score (nSPS) is 17.1. The van der Waals surface area contributed by atoms with Gasteiger partial charge >= 0.3 is 0 Å². The molecule has 2 aliphatic heterocycles. The second-order valence-electron chi connectivity index (χ2n) is 7.91. The summed E-state index contributed by atoms with van der Waals surface area (Å²) in [5.74, 6) is -0.882. The fourth-order valence-corrected chi connectivity index (χ4v) is 4.53. The second-order valence-corrected chi connectivity index (χ2v) is 8.35. The minimum absolute atomic E-state index is 0.0000782. The lowest BCUT2D eigenvalue weighted by atomic mass is 9.94. The Morgan fingerprint density at radius 1 is 0.971 bits per heavy atom. The number of ketones is 1. The van der Waals surface area contributed by atoms with Crippen molar-refractivity contribution in [3.05, 3.63) is 100 Å². The molecular formula is C26H16ClNO6. The van der Waals surface area contributed by atoms with Gasteiger partial charge in [-0.3, -0.25) is 14.5 Å². The van der Waals surface area contributed by atoms with E-state index in [2.05, 4.69) is 0 Å². The van der Waals surface area contributed by atoms with Crippen LogP contribution in [0, 0.1) is 0 Å². The first-order chi connectivity index (χ1) is 16.5. The number of anilines is 1. The molecule has 168 valence electrons. The van der Waals surface area contributed by atoms with Crippen LogP contribution < -0.4 is 14.4 Å². The fraction of sp³-hybridized carbons (Fsp3) is 0.0769. The molecule has 0 fully saturated rings. The van der Waals surface area contributed by atoms with Crippen molar-refractivity contribution in [1.82, 2.24) is 0 Å². The van der Waals surface area contributed by atoms with Crippen molar-refractivity contribution >= 4 is 39.9 Å². The summed E-state index contributed by atoms with van der Waals surface area (Å²) in [6.45, 7) is 0.0815. The highest BCUT2D eigenvalue weighted by molar-refractivity contribution is 6.31. The lowest BCUT2D eigenvalue weighted by Gasteiger charge is -2.26. The highest BCUT2D eigenvalue weighted by Crippen LogP contribution is 2.45. The molecule has 8 heteroatoms. The van der Waals surface area contributed by atoms with E-state index >= 15 is 0 Å². The maximum absolute atomic E-state index is 13.6. The average molecular weight is 474 g/mol. The molecule has 34 heavy (non-hydrogen) atoms. The van der Waals surface area contributed by atoms with Gasteiger partial charge in [0.2, 0.25) is 12.6 Å². The Morgan fingerprint density at radius 3 is 2.59 bits per heavy atom. The summed E-state index contributed by atoms with van der Waals surface area (Å²) in [7, 11) is 0. The van der Waals surface area contributed by atoms with E-state index in [1.165, 1.54) is 4.90 Å². The molecule has 0 saturated carbocycles. The number of amides is 1. The lowest BCUT2D eigenvalue weighted by Crippen LogP contribution is -2.31. The zero-order valence-electron chi connectivity index (χ0n) is 17.5. The molecule has 1 unspecified atom stereocenters. The van der Waals surface area contributed by atoms with Gasteiger partial charge in [-0.1, -0.05) is 41.9 Å². The minimum Gasteiger partial charge on any atom is -0.503 e. The van der Waals surface area contributed by atoms with Crippen LogP contribution in [0.3, 0.4) is 0 Å². The summed E-state index contributed by atoms with van der Waals surface area (Å²) in [5.41, 5.74) is 1.51. The Hall–Kier alpha value is -4.23. The van der Waals surface area contributed by atoms with Crippen molar-refractivity contribution in [3.63, 3.8) is 0 Å². The van der Waals surface area contributed by atoms with Gasteiger partial charge in [0, 0.05) is 22.2 Å². The van der Waals surface area contributed by atoms with Gasteiger partial charge < -0.3 is 19.0 Å². The maximum atomic E-state index is 13.6. The van der Waals surface area contributed by atoms with Gasteiger partial charge in [-0.15, -0.1) is 0 Å². The molecule has 0 radical (unpaired) electrons. The first kappa shape index (κ1) is 20.4. The second kappa shape index (κ2) is 7.67. The molecule has 1 amide bonds. The number of furan rings is 1. The topological polar surface area (TPSA) is 89.2 Å². The zero-order chi connectivity index (χ0) is 23.4. The number of ether oxygens (including phenoxy) is 2. The minimum atomic E-state index is -0.877. The lowest BCUT2D eigenvalue weighted by molar-refractivity contribution is -0.117. The first-order valence-corrected chi connectivity index (χ1v) is 10.8. The highest BCUT2D eigenvalue weighted by Gasteiger charge is 2.45. The molecule has 0 aliphatic carbocycles. The van der Waals surface area contributed by atoms with E-state index in [0.717, 1.165) is 0 Å². The number of Topliss-reactive ketones (excluding diaryl/α,β-unsaturated/α-hetero) is 1. The Kier molecular flexibility index (Phi) is 4.60. The van der Waals surface area contributed by atoms with Crippen LogP contribution in [0.1, 0.15) is 22.2 Å². The van der Waals surface area contributed by atoms with Crippen molar-refractivity contribution in [2.75, 3.05) is 11.7 Å². The Morgan fingerprint density at radius 2 is 1.76 bits per heavy atom. The predicted molar refractivity (Wildman–Crippen MR) is 124 cm³/mol. The average Bonchev–Trinajstić information content (AvgIpc) is 3.55. The summed E-state index contributed by atoms with van der Waals surface area (Å²) < 4.78 is 16.6. The van der Waals surface area contributed by atoms with Crippen molar-refractivity contribution in [2.45, 2.75) is 6.04 Å². The number of fused-ring (bicyclic) bond motifs is 2. The summed E-state index contributed by atoms with van der Waals surface area (Å²) in [6.07, 6.45) is 0.